The van der Waals surface area contributed by atoms with Gasteiger partial charge in [0.25, 0.3) is 0 Å². The molecular weight excluding hydrogens is 262 g/mol. The van der Waals surface area contributed by atoms with Gasteiger partial charge in [-0.2, -0.15) is 5.26 Å². The molecule has 0 bridgehead atoms. The Labute approximate surface area is 128 Å². The van der Waals surface area contributed by atoms with Crippen molar-refractivity contribution in [3.63, 3.8) is 0 Å². The van der Waals surface area contributed by atoms with Crippen molar-refractivity contribution >= 4 is 0 Å². The molecule has 3 fully saturated rings. The Morgan fingerprint density at radius 2 is 2.14 bits per heavy atom. The van der Waals surface area contributed by atoms with E-state index in [2.05, 4.69) is 23.2 Å². The van der Waals surface area contributed by atoms with Crippen LogP contribution in [0.1, 0.15) is 58.3 Å². The first-order valence-corrected chi connectivity index (χ1v) is 8.75. The summed E-state index contributed by atoms with van der Waals surface area (Å²) < 4.78 is 5.87. The quantitative estimate of drug-likeness (QED) is 0.732. The Morgan fingerprint density at radius 1 is 1.29 bits per heavy atom. The van der Waals surface area contributed by atoms with Crippen LogP contribution in [0, 0.1) is 11.3 Å². The molecule has 1 N–H and O–H groups in total. The van der Waals surface area contributed by atoms with Gasteiger partial charge in [-0.05, 0) is 64.8 Å². The van der Waals surface area contributed by atoms with E-state index in [4.69, 9.17) is 4.74 Å². The number of unbranched alkanes of at least 4 members (excludes halogenated alkanes) is 1. The number of rotatable bonds is 7. The molecule has 0 aromatic heterocycles. The number of nitriles is 1. The number of ether oxygens (including phenoxy) is 1. The molecule has 2 saturated carbocycles. The van der Waals surface area contributed by atoms with Crippen LogP contribution in [-0.2, 0) is 4.74 Å². The highest BCUT2D eigenvalue weighted by molar-refractivity contribution is 5.07. The Hall–Kier alpha value is -0.630. The monoisotopic (exact) mass is 291 g/mol. The third-order valence-electron chi connectivity index (χ3n) is 5.32. The van der Waals surface area contributed by atoms with Gasteiger partial charge >= 0.3 is 0 Å². The number of fused-ring (bicyclic) bond motifs is 1. The molecule has 118 valence electrons. The van der Waals surface area contributed by atoms with E-state index >= 15 is 0 Å². The lowest BCUT2D eigenvalue weighted by Gasteiger charge is -2.37. The number of hydrogen-bond acceptors (Lipinski definition) is 4. The zero-order valence-electron chi connectivity index (χ0n) is 13.3. The molecule has 1 aliphatic heterocycles. The molecule has 3 unspecified atom stereocenters. The highest BCUT2D eigenvalue weighted by atomic mass is 16.5. The summed E-state index contributed by atoms with van der Waals surface area (Å²) >= 11 is 0. The van der Waals surface area contributed by atoms with Gasteiger partial charge in [0.05, 0.1) is 18.8 Å². The fraction of sp³-hybridized carbons (Fsp3) is 0.941. The van der Waals surface area contributed by atoms with Gasteiger partial charge in [-0.15, -0.1) is 0 Å². The first-order valence-electron chi connectivity index (χ1n) is 8.75. The number of nitrogens with zero attached hydrogens (tertiary/aromatic N) is 2. The lowest BCUT2D eigenvalue weighted by Crippen LogP contribution is -2.48. The number of nitrogens with one attached hydrogen (secondary N) is 1. The van der Waals surface area contributed by atoms with Crippen LogP contribution in [-0.4, -0.2) is 48.3 Å². The minimum atomic E-state index is -0.317. The zero-order chi connectivity index (χ0) is 14.7. The molecule has 0 aromatic rings. The van der Waals surface area contributed by atoms with Crippen molar-refractivity contribution in [1.29, 1.82) is 5.26 Å². The summed E-state index contributed by atoms with van der Waals surface area (Å²) in [4.78, 5) is 2.64. The molecule has 21 heavy (non-hydrogen) atoms. The number of hydrogen-bond donors (Lipinski definition) is 1. The van der Waals surface area contributed by atoms with Gasteiger partial charge in [0.15, 0.2) is 0 Å². The molecule has 0 amide bonds. The zero-order valence-corrected chi connectivity index (χ0v) is 13.3. The molecule has 1 heterocycles. The molecule has 2 aliphatic carbocycles. The van der Waals surface area contributed by atoms with E-state index in [0.717, 1.165) is 26.0 Å². The third kappa shape index (κ3) is 3.97. The maximum absolute atomic E-state index is 9.39. The Balaban J connectivity index is 1.38. The summed E-state index contributed by atoms with van der Waals surface area (Å²) in [6.45, 7) is 5.24. The maximum Gasteiger partial charge on any atom is 0.104 e. The Bertz CT molecular complexity index is 390. The van der Waals surface area contributed by atoms with Gasteiger partial charge in [0, 0.05) is 18.6 Å². The summed E-state index contributed by atoms with van der Waals surface area (Å²) in [5, 5.41) is 12.9. The van der Waals surface area contributed by atoms with Gasteiger partial charge < -0.3 is 4.74 Å². The fourth-order valence-corrected chi connectivity index (χ4v) is 3.92. The number of morpholine rings is 1. The van der Waals surface area contributed by atoms with Crippen LogP contribution in [0.4, 0.5) is 0 Å². The van der Waals surface area contributed by atoms with E-state index in [9.17, 15) is 5.26 Å². The van der Waals surface area contributed by atoms with Gasteiger partial charge in [-0.25, -0.2) is 0 Å². The summed E-state index contributed by atoms with van der Waals surface area (Å²) in [7, 11) is 0. The topological polar surface area (TPSA) is 48.3 Å². The van der Waals surface area contributed by atoms with Crippen LogP contribution in [0.5, 0.6) is 0 Å². The maximum atomic E-state index is 9.39. The van der Waals surface area contributed by atoms with Gasteiger partial charge in [-0.1, -0.05) is 0 Å². The molecule has 4 heteroatoms. The minimum absolute atomic E-state index is 0.317. The second-order valence-corrected chi connectivity index (χ2v) is 7.26. The molecule has 1 saturated heterocycles. The highest BCUT2D eigenvalue weighted by Crippen LogP contribution is 2.30. The van der Waals surface area contributed by atoms with Crippen LogP contribution in [0.25, 0.3) is 0 Å². The predicted octanol–water partition coefficient (Wildman–Crippen LogP) is 2.44. The minimum Gasteiger partial charge on any atom is -0.375 e. The summed E-state index contributed by atoms with van der Waals surface area (Å²) in [5.41, 5.74) is -0.317. The van der Waals surface area contributed by atoms with E-state index in [1.807, 2.05) is 0 Å². The van der Waals surface area contributed by atoms with Crippen LogP contribution in [0.15, 0.2) is 0 Å². The Morgan fingerprint density at radius 3 is 2.90 bits per heavy atom. The van der Waals surface area contributed by atoms with E-state index in [0.29, 0.717) is 18.2 Å². The first-order chi connectivity index (χ1) is 10.2. The largest absolute Gasteiger partial charge is 0.375 e. The molecule has 0 radical (unpaired) electrons. The average molecular weight is 291 g/mol. The molecular formula is C17H29N3O. The first kappa shape index (κ1) is 15.3. The van der Waals surface area contributed by atoms with E-state index in [1.54, 1.807) is 0 Å². The second-order valence-electron chi connectivity index (χ2n) is 7.26. The summed E-state index contributed by atoms with van der Waals surface area (Å²) in [6, 6.07) is 3.76. The highest BCUT2D eigenvalue weighted by Gasteiger charge is 2.36. The Kier molecular flexibility index (Phi) is 4.83. The predicted molar refractivity (Wildman–Crippen MR) is 83.0 cm³/mol. The van der Waals surface area contributed by atoms with Crippen molar-refractivity contribution in [3.8, 4) is 6.07 Å². The molecule has 3 atom stereocenters. The van der Waals surface area contributed by atoms with Gasteiger partial charge in [0.1, 0.15) is 5.54 Å². The lowest BCUT2D eigenvalue weighted by molar-refractivity contribution is -0.0559. The van der Waals surface area contributed by atoms with Crippen LogP contribution in [0.3, 0.4) is 0 Å². The average Bonchev–Trinajstić information content (AvgIpc) is 3.16. The third-order valence-corrected chi connectivity index (χ3v) is 5.32. The van der Waals surface area contributed by atoms with Crippen molar-refractivity contribution in [3.05, 3.63) is 0 Å². The van der Waals surface area contributed by atoms with Crippen LogP contribution >= 0.6 is 0 Å². The second kappa shape index (κ2) is 6.64. The molecule has 0 aromatic carbocycles. The molecule has 3 aliphatic rings. The summed E-state index contributed by atoms with van der Waals surface area (Å²) in [5.74, 6) is 0. The smallest absolute Gasteiger partial charge is 0.104 e. The van der Waals surface area contributed by atoms with Crippen molar-refractivity contribution in [2.24, 2.45) is 0 Å². The van der Waals surface area contributed by atoms with Gasteiger partial charge in [-0.3, -0.25) is 10.2 Å². The van der Waals surface area contributed by atoms with Crippen LogP contribution < -0.4 is 5.32 Å². The standard InChI is InChI=1S/C17H29N3O/c1-17(13-18,19-14-7-8-14)9-2-3-10-20-11-12-21-16-6-4-5-15(16)20/h14-16,19H,2-12H2,1H3. The van der Waals surface area contributed by atoms with E-state index in [-0.39, 0.29) is 5.54 Å². The summed E-state index contributed by atoms with van der Waals surface area (Å²) in [6.07, 6.45) is 10.2. The van der Waals surface area contributed by atoms with Crippen molar-refractivity contribution in [2.45, 2.75) is 82.0 Å². The van der Waals surface area contributed by atoms with Crippen molar-refractivity contribution in [1.82, 2.24) is 10.2 Å². The SMILES string of the molecule is CC(C#N)(CCCCN1CCOC2CCCC21)NC1CC1. The van der Waals surface area contributed by atoms with Crippen LogP contribution in [0.2, 0.25) is 0 Å². The van der Waals surface area contributed by atoms with Crippen molar-refractivity contribution in [2.75, 3.05) is 19.7 Å². The van der Waals surface area contributed by atoms with Crippen molar-refractivity contribution < 1.29 is 4.74 Å². The molecule has 4 nitrogen and oxygen atoms in total. The van der Waals surface area contributed by atoms with E-state index in [1.165, 1.54) is 45.1 Å². The lowest BCUT2D eigenvalue weighted by atomic mass is 9.96. The normalized spacial score (nSPS) is 32.4. The molecule has 3 rings (SSSR count). The molecule has 0 spiro atoms. The van der Waals surface area contributed by atoms with E-state index < -0.39 is 0 Å². The fourth-order valence-electron chi connectivity index (χ4n) is 3.92. The van der Waals surface area contributed by atoms with Gasteiger partial charge in [0.2, 0.25) is 0 Å².